The maximum absolute atomic E-state index is 5.05. The smallest absolute Gasteiger partial charge is 0.337 e. The average Bonchev–Trinajstić information content (AvgIpc) is 2.73. The van der Waals surface area contributed by atoms with Crippen LogP contribution in [0, 0.1) is 0 Å². The van der Waals surface area contributed by atoms with Crippen LogP contribution in [0.25, 0.3) is 5.78 Å². The first-order valence-electron chi connectivity index (χ1n) is 6.08. The van der Waals surface area contributed by atoms with E-state index >= 15 is 0 Å². The Morgan fingerprint density at radius 1 is 1.18 bits per heavy atom. The molecular formula is C12H18N4O. The van der Waals surface area contributed by atoms with Gasteiger partial charge in [0.1, 0.15) is 0 Å². The van der Waals surface area contributed by atoms with Crippen LogP contribution in [-0.4, -0.2) is 26.7 Å². The Kier molecular flexibility index (Phi) is 3.56. The van der Waals surface area contributed by atoms with Crippen molar-refractivity contribution in [3.8, 4) is 6.01 Å². The molecule has 0 saturated carbocycles. The number of hydrogen-bond donors (Lipinski definition) is 0. The average molecular weight is 234 g/mol. The number of aromatic nitrogens is 4. The van der Waals surface area contributed by atoms with Gasteiger partial charge in [-0.1, -0.05) is 26.7 Å². The molecule has 92 valence electrons. The van der Waals surface area contributed by atoms with Crippen LogP contribution in [0.5, 0.6) is 6.01 Å². The normalized spacial score (nSPS) is 11.0. The number of hydrogen-bond acceptors (Lipinski definition) is 4. The van der Waals surface area contributed by atoms with Crippen molar-refractivity contribution in [1.82, 2.24) is 19.6 Å². The summed E-state index contributed by atoms with van der Waals surface area (Å²) in [7, 11) is 1.57. The number of fused-ring (bicyclic) bond motifs is 1. The molecule has 0 aliphatic heterocycles. The highest BCUT2D eigenvalue weighted by Gasteiger charge is 2.10. The van der Waals surface area contributed by atoms with Gasteiger partial charge in [-0.05, 0) is 18.9 Å². The molecule has 2 heterocycles. The third-order valence-electron chi connectivity index (χ3n) is 2.61. The third kappa shape index (κ3) is 2.38. The molecule has 2 rings (SSSR count). The van der Waals surface area contributed by atoms with Crippen molar-refractivity contribution in [3.05, 3.63) is 17.5 Å². The molecule has 0 aliphatic rings. The summed E-state index contributed by atoms with van der Waals surface area (Å²) in [4.78, 5) is 8.72. The van der Waals surface area contributed by atoms with Crippen LogP contribution < -0.4 is 4.74 Å². The zero-order chi connectivity index (χ0) is 12.3. The van der Waals surface area contributed by atoms with Crippen LogP contribution in [0.15, 0.2) is 6.07 Å². The van der Waals surface area contributed by atoms with E-state index in [9.17, 15) is 0 Å². The van der Waals surface area contributed by atoms with Crippen molar-refractivity contribution in [2.24, 2.45) is 0 Å². The van der Waals surface area contributed by atoms with E-state index in [1.54, 1.807) is 11.6 Å². The van der Waals surface area contributed by atoms with Gasteiger partial charge in [-0.2, -0.15) is 9.50 Å². The van der Waals surface area contributed by atoms with E-state index in [1.165, 1.54) is 0 Å². The van der Waals surface area contributed by atoms with Crippen LogP contribution in [0.1, 0.15) is 38.1 Å². The first-order valence-corrected chi connectivity index (χ1v) is 6.08. The van der Waals surface area contributed by atoms with Crippen LogP contribution in [0.4, 0.5) is 0 Å². The first-order chi connectivity index (χ1) is 8.28. The summed E-state index contributed by atoms with van der Waals surface area (Å²) in [5.41, 5.74) is 2.23. The molecule has 0 radical (unpaired) electrons. The predicted molar refractivity (Wildman–Crippen MR) is 65.3 cm³/mol. The second-order valence-corrected chi connectivity index (χ2v) is 4.05. The maximum atomic E-state index is 5.05. The van der Waals surface area contributed by atoms with Crippen molar-refractivity contribution in [1.29, 1.82) is 0 Å². The summed E-state index contributed by atoms with van der Waals surface area (Å²) in [6.07, 6.45) is 4.11. The van der Waals surface area contributed by atoms with E-state index in [1.807, 2.05) is 0 Å². The zero-order valence-corrected chi connectivity index (χ0v) is 10.6. The highest BCUT2D eigenvalue weighted by atomic mass is 16.5. The van der Waals surface area contributed by atoms with Gasteiger partial charge in [-0.25, -0.2) is 4.98 Å². The Labute approximate surface area is 101 Å². The Morgan fingerprint density at radius 3 is 2.59 bits per heavy atom. The molecule has 0 spiro atoms. The summed E-state index contributed by atoms with van der Waals surface area (Å²) in [6.45, 7) is 4.30. The molecule has 0 fully saturated rings. The van der Waals surface area contributed by atoms with Gasteiger partial charge >= 0.3 is 6.01 Å². The lowest BCUT2D eigenvalue weighted by molar-refractivity contribution is 0.380. The Balaban J connectivity index is 2.52. The van der Waals surface area contributed by atoms with Crippen molar-refractivity contribution >= 4 is 5.78 Å². The molecule has 0 amide bonds. The fraction of sp³-hybridized carbons (Fsp3) is 0.583. The maximum Gasteiger partial charge on any atom is 0.337 e. The van der Waals surface area contributed by atoms with E-state index in [0.29, 0.717) is 11.8 Å². The van der Waals surface area contributed by atoms with Crippen LogP contribution >= 0.6 is 0 Å². The quantitative estimate of drug-likeness (QED) is 0.794. The highest BCUT2D eigenvalue weighted by Crippen LogP contribution is 2.13. The van der Waals surface area contributed by atoms with Gasteiger partial charge in [0, 0.05) is 11.4 Å². The van der Waals surface area contributed by atoms with Crippen LogP contribution in [0.2, 0.25) is 0 Å². The fourth-order valence-electron chi connectivity index (χ4n) is 1.87. The SMILES string of the molecule is CCCc1cc(CCC)n2nc(OC)nc2n1. The Bertz CT molecular complexity index is 506. The van der Waals surface area contributed by atoms with E-state index < -0.39 is 0 Å². The first kappa shape index (κ1) is 11.8. The molecule has 5 nitrogen and oxygen atoms in total. The number of rotatable bonds is 5. The standard InChI is InChI=1S/C12H18N4O/c1-4-6-9-8-10(7-5-2)16-11(13-9)14-12(15-16)17-3/h8H,4-7H2,1-3H3. The topological polar surface area (TPSA) is 52.3 Å². The minimum absolute atomic E-state index is 0.378. The monoisotopic (exact) mass is 234 g/mol. The summed E-state index contributed by atoms with van der Waals surface area (Å²) >= 11 is 0. The zero-order valence-electron chi connectivity index (χ0n) is 10.6. The molecule has 5 heteroatoms. The van der Waals surface area contributed by atoms with E-state index in [-0.39, 0.29) is 0 Å². The molecule has 0 aromatic carbocycles. The van der Waals surface area contributed by atoms with Gasteiger partial charge < -0.3 is 4.74 Å². The Morgan fingerprint density at radius 2 is 1.94 bits per heavy atom. The molecule has 17 heavy (non-hydrogen) atoms. The third-order valence-corrected chi connectivity index (χ3v) is 2.61. The van der Waals surface area contributed by atoms with Crippen molar-refractivity contribution < 1.29 is 4.74 Å². The van der Waals surface area contributed by atoms with Gasteiger partial charge in [0.15, 0.2) is 0 Å². The van der Waals surface area contributed by atoms with Crippen molar-refractivity contribution in [3.63, 3.8) is 0 Å². The van der Waals surface area contributed by atoms with Gasteiger partial charge in [-0.15, -0.1) is 5.10 Å². The number of ether oxygens (including phenoxy) is 1. The molecule has 0 bridgehead atoms. The highest BCUT2D eigenvalue weighted by molar-refractivity contribution is 5.33. The lowest BCUT2D eigenvalue weighted by Gasteiger charge is -2.04. The molecule has 0 atom stereocenters. The minimum atomic E-state index is 0.378. The second kappa shape index (κ2) is 5.12. The van der Waals surface area contributed by atoms with Crippen molar-refractivity contribution in [2.45, 2.75) is 39.5 Å². The molecule has 2 aromatic rings. The summed E-state index contributed by atoms with van der Waals surface area (Å²) in [5, 5.41) is 4.27. The largest absolute Gasteiger partial charge is 0.466 e. The molecule has 0 N–H and O–H groups in total. The van der Waals surface area contributed by atoms with Gasteiger partial charge in [0.2, 0.25) is 0 Å². The van der Waals surface area contributed by atoms with E-state index in [0.717, 1.165) is 37.1 Å². The van der Waals surface area contributed by atoms with Crippen LogP contribution in [0.3, 0.4) is 0 Å². The number of methoxy groups -OCH3 is 1. The molecule has 2 aromatic heterocycles. The predicted octanol–water partition coefficient (Wildman–Crippen LogP) is 2.04. The lowest BCUT2D eigenvalue weighted by atomic mass is 10.2. The van der Waals surface area contributed by atoms with Gasteiger partial charge in [0.05, 0.1) is 7.11 Å². The number of aryl methyl sites for hydroxylation is 2. The van der Waals surface area contributed by atoms with Gasteiger partial charge in [-0.3, -0.25) is 0 Å². The number of nitrogens with zero attached hydrogens (tertiary/aromatic N) is 4. The summed E-state index contributed by atoms with van der Waals surface area (Å²) in [5.74, 6) is 0.635. The summed E-state index contributed by atoms with van der Waals surface area (Å²) < 4.78 is 6.83. The molecule has 0 aliphatic carbocycles. The van der Waals surface area contributed by atoms with Crippen molar-refractivity contribution in [2.75, 3.05) is 7.11 Å². The van der Waals surface area contributed by atoms with Crippen LogP contribution in [-0.2, 0) is 12.8 Å². The summed E-state index contributed by atoms with van der Waals surface area (Å²) in [6, 6.07) is 2.50. The second-order valence-electron chi connectivity index (χ2n) is 4.05. The fourth-order valence-corrected chi connectivity index (χ4v) is 1.87. The molecular weight excluding hydrogens is 216 g/mol. The molecule has 0 saturated heterocycles. The van der Waals surface area contributed by atoms with Gasteiger partial charge in [0.25, 0.3) is 5.78 Å². The Hall–Kier alpha value is -1.65. The van der Waals surface area contributed by atoms with E-state index in [2.05, 4.69) is 35.0 Å². The minimum Gasteiger partial charge on any atom is -0.466 e. The van der Waals surface area contributed by atoms with E-state index in [4.69, 9.17) is 4.74 Å². The molecule has 0 unspecified atom stereocenters. The lowest BCUT2D eigenvalue weighted by Crippen LogP contribution is -2.03.